The van der Waals surface area contributed by atoms with Crippen molar-refractivity contribution in [3.05, 3.63) is 84.2 Å². The lowest BCUT2D eigenvalue weighted by Gasteiger charge is -2.21. The zero-order chi connectivity index (χ0) is 25.1. The number of nitrogens with zero attached hydrogens (tertiary/aromatic N) is 5. The summed E-state index contributed by atoms with van der Waals surface area (Å²) < 4.78 is 9.03. The Morgan fingerprint density at radius 2 is 2.00 bits per heavy atom. The van der Waals surface area contributed by atoms with Crippen molar-refractivity contribution in [2.24, 2.45) is 13.0 Å². The molecule has 36 heavy (non-hydrogen) atoms. The zero-order valence-corrected chi connectivity index (χ0v) is 20.1. The van der Waals surface area contributed by atoms with Crippen molar-refractivity contribution in [3.63, 3.8) is 0 Å². The molecule has 10 nitrogen and oxygen atoms in total. The van der Waals surface area contributed by atoms with Gasteiger partial charge in [0.2, 0.25) is 5.91 Å². The van der Waals surface area contributed by atoms with Gasteiger partial charge in [0.05, 0.1) is 19.1 Å². The van der Waals surface area contributed by atoms with Gasteiger partial charge in [-0.25, -0.2) is 14.6 Å². The molecule has 3 heterocycles. The van der Waals surface area contributed by atoms with Gasteiger partial charge >= 0.3 is 0 Å². The Bertz CT molecular complexity index is 1360. The second-order valence-electron chi connectivity index (χ2n) is 8.73. The van der Waals surface area contributed by atoms with Crippen LogP contribution in [0, 0.1) is 5.92 Å². The van der Waals surface area contributed by atoms with E-state index in [0.717, 1.165) is 17.0 Å². The highest BCUT2D eigenvalue weighted by Crippen LogP contribution is 2.22. The van der Waals surface area contributed by atoms with Gasteiger partial charge in [-0.3, -0.25) is 9.59 Å². The summed E-state index contributed by atoms with van der Waals surface area (Å²) in [5, 5.41) is 10.2. The zero-order valence-electron chi connectivity index (χ0n) is 20.1. The van der Waals surface area contributed by atoms with Crippen LogP contribution in [0.1, 0.15) is 27.8 Å². The highest BCUT2D eigenvalue weighted by Gasteiger charge is 2.28. The molecule has 2 amide bonds. The van der Waals surface area contributed by atoms with E-state index in [1.807, 2.05) is 54.2 Å². The number of methoxy groups -OCH3 is 1. The van der Waals surface area contributed by atoms with Crippen LogP contribution < -0.4 is 15.4 Å². The Hall–Kier alpha value is -4.47. The summed E-state index contributed by atoms with van der Waals surface area (Å²) >= 11 is 0. The molecule has 0 fully saturated rings. The van der Waals surface area contributed by atoms with Crippen LogP contribution in [0.25, 0.3) is 11.4 Å². The number of ether oxygens (including phenoxy) is 1. The van der Waals surface area contributed by atoms with Crippen molar-refractivity contribution >= 4 is 11.8 Å². The number of imidazole rings is 1. The molecule has 2 aromatic heterocycles. The Labute approximate surface area is 208 Å². The van der Waals surface area contributed by atoms with Crippen LogP contribution in [0.2, 0.25) is 0 Å². The Kier molecular flexibility index (Phi) is 6.48. The van der Waals surface area contributed by atoms with Crippen LogP contribution in [0.4, 0.5) is 0 Å². The van der Waals surface area contributed by atoms with E-state index in [0.29, 0.717) is 30.1 Å². The molecular formula is C26H27N7O3. The molecule has 2 aromatic carbocycles. The summed E-state index contributed by atoms with van der Waals surface area (Å²) in [5.74, 6) is 1.82. The number of nitrogens with one attached hydrogen (secondary N) is 2. The van der Waals surface area contributed by atoms with Gasteiger partial charge in [0.1, 0.15) is 17.9 Å². The number of fused-ring (bicyclic) bond motifs is 1. The third-order valence-corrected chi connectivity index (χ3v) is 6.42. The van der Waals surface area contributed by atoms with Crippen LogP contribution in [0.5, 0.6) is 5.75 Å². The normalized spacial score (nSPS) is 15.2. The standard InChI is InChI=1S/C26H27N7O3/c1-32-24(29-16-30-32)17-6-8-18(9-7-17)26(35)31-22(19-4-3-5-21(12-19)36-2)14-28-25(34)20-13-23-27-10-11-33(23)15-20/h3-12,16,20,22H,13-15H2,1-2H3,(H,28,34)(H,31,35). The average Bonchev–Trinajstić information content (AvgIpc) is 3.63. The minimum atomic E-state index is -0.451. The van der Waals surface area contributed by atoms with Gasteiger partial charge < -0.3 is 19.9 Å². The van der Waals surface area contributed by atoms with Crippen molar-refractivity contribution in [2.75, 3.05) is 13.7 Å². The van der Waals surface area contributed by atoms with E-state index >= 15 is 0 Å². The predicted octanol–water partition coefficient (Wildman–Crippen LogP) is 2.15. The van der Waals surface area contributed by atoms with E-state index in [1.165, 1.54) is 6.33 Å². The van der Waals surface area contributed by atoms with Gasteiger partial charge in [-0.2, -0.15) is 5.10 Å². The molecule has 2 atom stereocenters. The lowest BCUT2D eigenvalue weighted by atomic mass is 10.0. The van der Waals surface area contributed by atoms with Gasteiger partial charge in [0.15, 0.2) is 5.82 Å². The maximum absolute atomic E-state index is 13.2. The molecule has 0 aliphatic carbocycles. The molecule has 1 aliphatic heterocycles. The second-order valence-corrected chi connectivity index (χ2v) is 8.73. The minimum Gasteiger partial charge on any atom is -0.497 e. The molecule has 4 aromatic rings. The van der Waals surface area contributed by atoms with E-state index in [4.69, 9.17) is 4.74 Å². The van der Waals surface area contributed by atoms with Gasteiger partial charge in [-0.15, -0.1) is 0 Å². The molecule has 184 valence electrons. The highest BCUT2D eigenvalue weighted by atomic mass is 16.5. The second kappa shape index (κ2) is 10.0. The number of amides is 2. The van der Waals surface area contributed by atoms with E-state index in [1.54, 1.807) is 30.1 Å². The molecular weight excluding hydrogens is 458 g/mol. The van der Waals surface area contributed by atoms with Gasteiger partial charge in [-0.05, 0) is 29.8 Å². The van der Waals surface area contributed by atoms with Gasteiger partial charge in [-0.1, -0.05) is 24.3 Å². The summed E-state index contributed by atoms with van der Waals surface area (Å²) in [6, 6.07) is 14.2. The Morgan fingerprint density at radius 3 is 2.72 bits per heavy atom. The van der Waals surface area contributed by atoms with Crippen molar-refractivity contribution in [1.29, 1.82) is 0 Å². The summed E-state index contributed by atoms with van der Waals surface area (Å²) in [4.78, 5) is 34.6. The first-order valence-electron chi connectivity index (χ1n) is 11.7. The lowest BCUT2D eigenvalue weighted by molar-refractivity contribution is -0.125. The summed E-state index contributed by atoms with van der Waals surface area (Å²) in [5.41, 5.74) is 2.19. The number of aryl methyl sites for hydroxylation is 1. The molecule has 2 unspecified atom stereocenters. The van der Waals surface area contributed by atoms with Crippen molar-refractivity contribution in [3.8, 4) is 17.1 Å². The fourth-order valence-corrected chi connectivity index (χ4v) is 4.42. The third-order valence-electron chi connectivity index (χ3n) is 6.42. The van der Waals surface area contributed by atoms with E-state index < -0.39 is 6.04 Å². The lowest BCUT2D eigenvalue weighted by Crippen LogP contribution is -2.40. The van der Waals surface area contributed by atoms with Crippen LogP contribution in [0.15, 0.2) is 67.3 Å². The predicted molar refractivity (Wildman–Crippen MR) is 132 cm³/mol. The van der Waals surface area contributed by atoms with Crippen LogP contribution in [-0.2, 0) is 24.8 Å². The molecule has 0 spiro atoms. The fourth-order valence-electron chi connectivity index (χ4n) is 4.42. The van der Waals surface area contributed by atoms with Crippen LogP contribution in [0.3, 0.4) is 0 Å². The smallest absolute Gasteiger partial charge is 0.251 e. The monoisotopic (exact) mass is 485 g/mol. The summed E-state index contributed by atoms with van der Waals surface area (Å²) in [6.45, 7) is 0.850. The van der Waals surface area contributed by atoms with Crippen molar-refractivity contribution in [1.82, 2.24) is 34.9 Å². The van der Waals surface area contributed by atoms with Crippen molar-refractivity contribution < 1.29 is 14.3 Å². The third kappa shape index (κ3) is 4.83. The Balaban J connectivity index is 1.29. The first-order chi connectivity index (χ1) is 17.5. The maximum Gasteiger partial charge on any atom is 0.251 e. The molecule has 0 saturated heterocycles. The maximum atomic E-state index is 13.2. The Morgan fingerprint density at radius 1 is 1.17 bits per heavy atom. The number of benzene rings is 2. The largest absolute Gasteiger partial charge is 0.497 e. The first kappa shape index (κ1) is 23.3. The quantitative estimate of drug-likeness (QED) is 0.395. The molecule has 2 N–H and O–H groups in total. The topological polar surface area (TPSA) is 116 Å². The number of hydrogen-bond donors (Lipinski definition) is 2. The molecule has 1 aliphatic rings. The number of aromatic nitrogens is 5. The van der Waals surface area contributed by atoms with E-state index in [9.17, 15) is 9.59 Å². The number of carbonyl (C=O) groups excluding carboxylic acids is 2. The fraction of sp³-hybridized carbons (Fsp3) is 0.269. The number of hydrogen-bond acceptors (Lipinski definition) is 6. The number of rotatable bonds is 8. The first-order valence-corrected chi connectivity index (χ1v) is 11.7. The van der Waals surface area contributed by atoms with Gasteiger partial charge in [0.25, 0.3) is 5.91 Å². The summed E-state index contributed by atoms with van der Waals surface area (Å²) in [7, 11) is 3.41. The van der Waals surface area contributed by atoms with Crippen LogP contribution in [-0.4, -0.2) is 49.8 Å². The molecule has 5 rings (SSSR count). The van der Waals surface area contributed by atoms with E-state index in [2.05, 4.69) is 25.7 Å². The molecule has 10 heteroatoms. The average molecular weight is 486 g/mol. The van der Waals surface area contributed by atoms with Crippen molar-refractivity contribution in [2.45, 2.75) is 19.0 Å². The highest BCUT2D eigenvalue weighted by molar-refractivity contribution is 5.95. The van der Waals surface area contributed by atoms with Gasteiger partial charge in [0, 0.05) is 50.1 Å². The van der Waals surface area contributed by atoms with E-state index in [-0.39, 0.29) is 24.3 Å². The summed E-state index contributed by atoms with van der Waals surface area (Å²) in [6.07, 6.45) is 5.73. The molecule has 0 radical (unpaired) electrons. The SMILES string of the molecule is COc1cccc(C(CNC(=O)C2Cc3nccn3C2)NC(=O)c2ccc(-c3ncnn3C)cc2)c1. The molecule has 0 bridgehead atoms. The number of carbonyl (C=O) groups is 2. The van der Waals surface area contributed by atoms with Crippen LogP contribution >= 0.6 is 0 Å². The molecule has 0 saturated carbocycles. The minimum absolute atomic E-state index is 0.0596.